The second kappa shape index (κ2) is 5.81. The molecule has 1 aliphatic carbocycles. The number of nitrogens with zero attached hydrogens (tertiary/aromatic N) is 2. The molecule has 4 nitrogen and oxygen atoms in total. The Balaban J connectivity index is 1.87. The van der Waals surface area contributed by atoms with E-state index in [1.807, 2.05) is 17.5 Å². The average molecular weight is 305 g/mol. The minimum atomic E-state index is -0.582. The Hall–Kier alpha value is -1.95. The van der Waals surface area contributed by atoms with Crippen LogP contribution in [0.25, 0.3) is 0 Å². The molecule has 2 aromatic rings. The quantitative estimate of drug-likeness (QED) is 0.923. The van der Waals surface area contributed by atoms with E-state index < -0.39 is 5.82 Å². The zero-order valence-corrected chi connectivity index (χ0v) is 12.5. The fourth-order valence-corrected chi connectivity index (χ4v) is 2.96. The van der Waals surface area contributed by atoms with Gasteiger partial charge in [-0.05, 0) is 30.4 Å². The number of halogens is 1. The third kappa shape index (κ3) is 2.90. The molecule has 0 atom stereocenters. The zero-order chi connectivity index (χ0) is 14.8. The van der Waals surface area contributed by atoms with Gasteiger partial charge in [0.1, 0.15) is 0 Å². The van der Waals surface area contributed by atoms with Crippen molar-refractivity contribution in [3.05, 3.63) is 46.0 Å². The number of carbonyl (C=O) groups is 1. The maximum atomic E-state index is 14.3. The largest absolute Gasteiger partial charge is 0.371 e. The highest BCUT2D eigenvalue weighted by Gasteiger charge is 2.34. The van der Waals surface area contributed by atoms with Crippen LogP contribution in [0, 0.1) is 5.82 Å². The van der Waals surface area contributed by atoms with Gasteiger partial charge in [0.25, 0.3) is 5.91 Å². The molecule has 1 fully saturated rings. The minimum Gasteiger partial charge on any atom is -0.371 e. The Morgan fingerprint density at radius 1 is 1.52 bits per heavy atom. The molecule has 1 amide bonds. The van der Waals surface area contributed by atoms with Crippen molar-refractivity contribution >= 4 is 23.1 Å². The lowest BCUT2D eigenvalue weighted by atomic mass is 10.2. The number of amides is 1. The molecule has 0 aromatic carbocycles. The van der Waals surface area contributed by atoms with Crippen LogP contribution in [-0.4, -0.2) is 28.9 Å². The Bertz CT molecular complexity index is 640. The van der Waals surface area contributed by atoms with E-state index in [-0.39, 0.29) is 23.3 Å². The lowest BCUT2D eigenvalue weighted by Gasteiger charge is -2.22. The summed E-state index contributed by atoms with van der Waals surface area (Å²) in [7, 11) is 1.59. The van der Waals surface area contributed by atoms with Gasteiger partial charge in [-0.1, -0.05) is 6.07 Å². The van der Waals surface area contributed by atoms with Gasteiger partial charge in [0, 0.05) is 24.2 Å². The Morgan fingerprint density at radius 2 is 2.33 bits per heavy atom. The molecule has 1 N–H and O–H groups in total. The molecule has 2 aromatic heterocycles. The molecule has 21 heavy (non-hydrogen) atoms. The number of anilines is 1. The molecule has 0 bridgehead atoms. The first kappa shape index (κ1) is 14.0. The predicted molar refractivity (Wildman–Crippen MR) is 81.0 cm³/mol. The smallest absolute Gasteiger partial charge is 0.257 e. The second-order valence-corrected chi connectivity index (χ2v) is 6.05. The van der Waals surface area contributed by atoms with E-state index in [2.05, 4.69) is 10.3 Å². The maximum Gasteiger partial charge on any atom is 0.257 e. The van der Waals surface area contributed by atoms with E-state index in [4.69, 9.17) is 0 Å². The fourth-order valence-electron chi connectivity index (χ4n) is 2.26. The van der Waals surface area contributed by atoms with E-state index in [1.54, 1.807) is 23.3 Å². The van der Waals surface area contributed by atoms with Crippen molar-refractivity contribution in [2.75, 3.05) is 12.4 Å². The number of aromatic nitrogens is 1. The first-order valence-electron chi connectivity index (χ1n) is 6.86. The highest BCUT2D eigenvalue weighted by Crippen LogP contribution is 2.31. The summed E-state index contributed by atoms with van der Waals surface area (Å²) >= 11 is 1.61. The lowest BCUT2D eigenvalue weighted by molar-refractivity contribution is 0.0727. The maximum absolute atomic E-state index is 14.3. The van der Waals surface area contributed by atoms with E-state index in [0.717, 1.165) is 17.7 Å². The standard InChI is InChI=1S/C15H16FN3OS/c1-17-14-13(16)12(6-7-18-14)15(20)19(10-4-5-10)9-11-3-2-8-21-11/h2-3,6-8,10H,4-5,9H2,1H3,(H,17,18). The molecular weight excluding hydrogens is 289 g/mol. The van der Waals surface area contributed by atoms with Crippen molar-refractivity contribution in [3.8, 4) is 0 Å². The van der Waals surface area contributed by atoms with Gasteiger partial charge in [-0.15, -0.1) is 11.3 Å². The number of nitrogens with one attached hydrogen (secondary N) is 1. The van der Waals surface area contributed by atoms with E-state index >= 15 is 0 Å². The molecule has 0 spiro atoms. The number of rotatable bonds is 5. The fraction of sp³-hybridized carbons (Fsp3) is 0.333. The highest BCUT2D eigenvalue weighted by atomic mass is 32.1. The summed E-state index contributed by atoms with van der Waals surface area (Å²) in [5, 5.41) is 4.65. The SMILES string of the molecule is CNc1nccc(C(=O)N(Cc2cccs2)C2CC2)c1F. The average Bonchev–Trinajstić information content (AvgIpc) is 3.21. The van der Waals surface area contributed by atoms with Gasteiger partial charge < -0.3 is 10.2 Å². The number of hydrogen-bond donors (Lipinski definition) is 1. The van der Waals surface area contributed by atoms with E-state index in [0.29, 0.717) is 6.54 Å². The van der Waals surface area contributed by atoms with E-state index in [1.165, 1.54) is 12.3 Å². The summed E-state index contributed by atoms with van der Waals surface area (Å²) < 4.78 is 14.3. The second-order valence-electron chi connectivity index (χ2n) is 5.01. The third-order valence-corrected chi connectivity index (χ3v) is 4.37. The summed E-state index contributed by atoms with van der Waals surface area (Å²) in [6, 6.07) is 5.63. The molecule has 3 rings (SSSR count). The number of pyridine rings is 1. The van der Waals surface area contributed by atoms with Crippen LogP contribution in [0.15, 0.2) is 29.8 Å². The van der Waals surface area contributed by atoms with Crippen LogP contribution < -0.4 is 5.32 Å². The van der Waals surface area contributed by atoms with Crippen molar-refractivity contribution in [2.45, 2.75) is 25.4 Å². The summed E-state index contributed by atoms with van der Waals surface area (Å²) in [6.07, 6.45) is 3.43. The van der Waals surface area contributed by atoms with Gasteiger partial charge in [-0.3, -0.25) is 4.79 Å². The van der Waals surface area contributed by atoms with Crippen molar-refractivity contribution < 1.29 is 9.18 Å². The van der Waals surface area contributed by atoms with Crippen LogP contribution in [0.5, 0.6) is 0 Å². The molecule has 110 valence electrons. The molecule has 1 saturated carbocycles. The molecule has 0 saturated heterocycles. The topological polar surface area (TPSA) is 45.2 Å². The minimum absolute atomic E-state index is 0.0813. The Labute approximate surface area is 126 Å². The van der Waals surface area contributed by atoms with Crippen LogP contribution >= 0.6 is 11.3 Å². The third-order valence-electron chi connectivity index (χ3n) is 3.51. The molecule has 2 heterocycles. The highest BCUT2D eigenvalue weighted by molar-refractivity contribution is 7.09. The summed E-state index contributed by atoms with van der Waals surface area (Å²) in [6.45, 7) is 0.540. The molecular formula is C15H16FN3OS. The van der Waals surface area contributed by atoms with Crippen molar-refractivity contribution in [2.24, 2.45) is 0 Å². The molecule has 1 aliphatic rings. The summed E-state index contributed by atoms with van der Waals surface area (Å²) in [4.78, 5) is 19.4. The van der Waals surface area contributed by atoms with Gasteiger partial charge >= 0.3 is 0 Å². The number of hydrogen-bond acceptors (Lipinski definition) is 4. The summed E-state index contributed by atoms with van der Waals surface area (Å²) in [5.74, 6) is -0.739. The molecule has 0 aliphatic heterocycles. The van der Waals surface area contributed by atoms with Crippen LogP contribution in [0.2, 0.25) is 0 Å². The van der Waals surface area contributed by atoms with Crippen molar-refractivity contribution in [3.63, 3.8) is 0 Å². The Morgan fingerprint density at radius 3 is 2.95 bits per heavy atom. The summed E-state index contributed by atoms with van der Waals surface area (Å²) in [5.41, 5.74) is 0.0813. The van der Waals surface area contributed by atoms with Crippen LogP contribution in [0.3, 0.4) is 0 Å². The molecule has 0 radical (unpaired) electrons. The monoisotopic (exact) mass is 305 g/mol. The van der Waals surface area contributed by atoms with Gasteiger partial charge in [0.2, 0.25) is 0 Å². The van der Waals surface area contributed by atoms with Gasteiger partial charge in [0.05, 0.1) is 12.1 Å². The van der Waals surface area contributed by atoms with Crippen LogP contribution in [0.4, 0.5) is 10.2 Å². The van der Waals surface area contributed by atoms with Crippen LogP contribution in [-0.2, 0) is 6.54 Å². The first-order valence-corrected chi connectivity index (χ1v) is 7.74. The molecule has 0 unspecified atom stereocenters. The van der Waals surface area contributed by atoms with Gasteiger partial charge in [0.15, 0.2) is 11.6 Å². The van der Waals surface area contributed by atoms with Crippen molar-refractivity contribution in [1.82, 2.24) is 9.88 Å². The predicted octanol–water partition coefficient (Wildman–Crippen LogP) is 3.13. The normalized spacial score (nSPS) is 14.0. The Kier molecular flexibility index (Phi) is 3.88. The van der Waals surface area contributed by atoms with Gasteiger partial charge in [-0.25, -0.2) is 9.37 Å². The van der Waals surface area contributed by atoms with Crippen molar-refractivity contribution in [1.29, 1.82) is 0 Å². The van der Waals surface area contributed by atoms with Gasteiger partial charge in [-0.2, -0.15) is 0 Å². The number of thiophene rings is 1. The lowest BCUT2D eigenvalue weighted by Crippen LogP contribution is -2.33. The van der Waals surface area contributed by atoms with Crippen LogP contribution in [0.1, 0.15) is 28.1 Å². The number of carbonyl (C=O) groups excluding carboxylic acids is 1. The zero-order valence-electron chi connectivity index (χ0n) is 11.7. The molecule has 6 heteroatoms. The first-order chi connectivity index (χ1) is 10.2. The van der Waals surface area contributed by atoms with E-state index in [9.17, 15) is 9.18 Å².